The molecule has 3 rings (SSSR count). The van der Waals surface area contributed by atoms with Gasteiger partial charge in [-0.2, -0.15) is 5.10 Å². The Labute approximate surface area is 147 Å². The van der Waals surface area contributed by atoms with Crippen LogP contribution in [0.3, 0.4) is 0 Å². The third-order valence-corrected chi connectivity index (χ3v) is 4.64. The number of amides is 2. The molecule has 1 aromatic heterocycles. The fourth-order valence-corrected chi connectivity index (χ4v) is 3.21. The van der Waals surface area contributed by atoms with Gasteiger partial charge in [-0.15, -0.1) is 0 Å². The Kier molecular flexibility index (Phi) is 5.82. The summed E-state index contributed by atoms with van der Waals surface area (Å²) in [7, 11) is 0. The summed E-state index contributed by atoms with van der Waals surface area (Å²) >= 11 is 0. The van der Waals surface area contributed by atoms with E-state index in [0.29, 0.717) is 17.9 Å². The molecule has 3 N–H and O–H groups in total. The van der Waals surface area contributed by atoms with Gasteiger partial charge in [0.2, 0.25) is 5.91 Å². The molecule has 1 aliphatic rings. The molecule has 1 aromatic carbocycles. The van der Waals surface area contributed by atoms with Gasteiger partial charge in [0.1, 0.15) is 5.69 Å². The first-order valence-electron chi connectivity index (χ1n) is 8.90. The molecular weight excluding hydrogens is 316 g/mol. The molecule has 0 atom stereocenters. The second-order valence-electron chi connectivity index (χ2n) is 6.47. The summed E-state index contributed by atoms with van der Waals surface area (Å²) in [5.41, 5.74) is 1.92. The molecule has 0 radical (unpaired) electrons. The molecule has 0 saturated heterocycles. The number of hydrogen-bond acceptors (Lipinski definition) is 3. The van der Waals surface area contributed by atoms with Crippen LogP contribution in [0.1, 0.15) is 48.2 Å². The molecule has 6 heteroatoms. The summed E-state index contributed by atoms with van der Waals surface area (Å²) in [6.45, 7) is 0.526. The number of aromatic nitrogens is 2. The molecule has 6 nitrogen and oxygen atoms in total. The quantitative estimate of drug-likeness (QED) is 0.755. The van der Waals surface area contributed by atoms with E-state index in [9.17, 15) is 9.59 Å². The summed E-state index contributed by atoms with van der Waals surface area (Å²) in [6.07, 6.45) is 7.47. The van der Waals surface area contributed by atoms with Crippen LogP contribution in [0.15, 0.2) is 36.5 Å². The zero-order valence-corrected chi connectivity index (χ0v) is 14.3. The Morgan fingerprint density at radius 1 is 1.12 bits per heavy atom. The third-order valence-electron chi connectivity index (χ3n) is 4.64. The molecule has 1 aliphatic carbocycles. The molecule has 0 unspecified atom stereocenters. The van der Waals surface area contributed by atoms with Gasteiger partial charge >= 0.3 is 0 Å². The van der Waals surface area contributed by atoms with Gasteiger partial charge in [-0.05, 0) is 24.8 Å². The van der Waals surface area contributed by atoms with Crippen molar-refractivity contribution in [1.29, 1.82) is 0 Å². The first kappa shape index (κ1) is 17.2. The predicted molar refractivity (Wildman–Crippen MR) is 96.3 cm³/mol. The summed E-state index contributed by atoms with van der Waals surface area (Å²) in [4.78, 5) is 24.7. The molecule has 1 saturated carbocycles. The number of H-pyrrole nitrogens is 1. The minimum Gasteiger partial charge on any atom is -0.350 e. The van der Waals surface area contributed by atoms with Gasteiger partial charge in [0.25, 0.3) is 5.91 Å². The van der Waals surface area contributed by atoms with Crippen molar-refractivity contribution in [3.63, 3.8) is 0 Å². The highest BCUT2D eigenvalue weighted by atomic mass is 16.2. The van der Waals surface area contributed by atoms with Gasteiger partial charge in [-0.3, -0.25) is 14.7 Å². The fourth-order valence-electron chi connectivity index (χ4n) is 3.21. The van der Waals surface area contributed by atoms with E-state index in [0.717, 1.165) is 32.1 Å². The molecule has 132 valence electrons. The molecular formula is C19H24N4O2. The first-order valence-corrected chi connectivity index (χ1v) is 8.90. The molecule has 0 spiro atoms. The van der Waals surface area contributed by atoms with Gasteiger partial charge in [-0.25, -0.2) is 0 Å². The first-order chi connectivity index (χ1) is 12.2. The predicted octanol–water partition coefficient (Wildman–Crippen LogP) is 2.90. The maximum atomic E-state index is 12.4. The highest BCUT2D eigenvalue weighted by Gasteiger charge is 2.23. The zero-order valence-electron chi connectivity index (χ0n) is 14.3. The van der Waals surface area contributed by atoms with Crippen molar-refractivity contribution in [2.24, 2.45) is 5.92 Å². The third kappa shape index (κ3) is 4.68. The molecule has 2 aromatic rings. The Morgan fingerprint density at radius 2 is 1.88 bits per heavy atom. The van der Waals surface area contributed by atoms with Crippen molar-refractivity contribution < 1.29 is 9.59 Å². The van der Waals surface area contributed by atoms with E-state index in [-0.39, 0.29) is 17.7 Å². The maximum absolute atomic E-state index is 12.4. The molecule has 1 heterocycles. The summed E-state index contributed by atoms with van der Waals surface area (Å²) in [5.74, 6) is -0.232. The van der Waals surface area contributed by atoms with Gasteiger partial charge in [0.15, 0.2) is 0 Å². The van der Waals surface area contributed by atoms with Crippen molar-refractivity contribution in [3.05, 3.63) is 47.8 Å². The van der Waals surface area contributed by atoms with E-state index < -0.39 is 0 Å². The second kappa shape index (κ2) is 8.46. The van der Waals surface area contributed by atoms with Crippen molar-refractivity contribution in [2.45, 2.75) is 38.5 Å². The zero-order chi connectivity index (χ0) is 17.5. The van der Waals surface area contributed by atoms with Gasteiger partial charge in [0.05, 0.1) is 11.9 Å². The second-order valence-corrected chi connectivity index (χ2v) is 6.47. The number of anilines is 1. The van der Waals surface area contributed by atoms with E-state index >= 15 is 0 Å². The van der Waals surface area contributed by atoms with Crippen LogP contribution in [0.4, 0.5) is 5.69 Å². The van der Waals surface area contributed by atoms with E-state index in [4.69, 9.17) is 0 Å². The Bertz CT molecular complexity index is 705. The lowest BCUT2D eigenvalue weighted by Crippen LogP contribution is -2.29. The van der Waals surface area contributed by atoms with Crippen molar-refractivity contribution >= 4 is 17.5 Å². The normalized spacial score (nSPS) is 14.9. The number of nitrogens with zero attached hydrogens (tertiary/aromatic N) is 1. The lowest BCUT2D eigenvalue weighted by atomic mass is 9.88. The monoisotopic (exact) mass is 340 g/mol. The van der Waals surface area contributed by atoms with Gasteiger partial charge in [0, 0.05) is 12.5 Å². The van der Waals surface area contributed by atoms with Crippen molar-refractivity contribution in [2.75, 3.05) is 11.9 Å². The van der Waals surface area contributed by atoms with Crippen LogP contribution in [0.25, 0.3) is 0 Å². The highest BCUT2D eigenvalue weighted by molar-refractivity contribution is 6.02. The number of aromatic amines is 1. The van der Waals surface area contributed by atoms with Crippen LogP contribution in [-0.2, 0) is 11.2 Å². The topological polar surface area (TPSA) is 86.9 Å². The van der Waals surface area contributed by atoms with Crippen LogP contribution in [0.5, 0.6) is 0 Å². The molecule has 25 heavy (non-hydrogen) atoms. The SMILES string of the molecule is O=C(NCCc1ccccc1)c1[nH]ncc1NC(=O)C1CCCCC1. The largest absolute Gasteiger partial charge is 0.350 e. The average Bonchev–Trinajstić information content (AvgIpc) is 3.11. The van der Waals surface area contributed by atoms with E-state index in [1.165, 1.54) is 18.2 Å². The number of carbonyl (C=O) groups excluding carboxylic acids is 2. The number of nitrogens with one attached hydrogen (secondary N) is 3. The van der Waals surface area contributed by atoms with E-state index in [1.807, 2.05) is 30.3 Å². The van der Waals surface area contributed by atoms with Crippen molar-refractivity contribution in [3.8, 4) is 0 Å². The Morgan fingerprint density at radius 3 is 2.64 bits per heavy atom. The van der Waals surface area contributed by atoms with Crippen LogP contribution in [0, 0.1) is 5.92 Å². The highest BCUT2D eigenvalue weighted by Crippen LogP contribution is 2.25. The van der Waals surface area contributed by atoms with Crippen LogP contribution in [-0.4, -0.2) is 28.6 Å². The van der Waals surface area contributed by atoms with Crippen molar-refractivity contribution in [1.82, 2.24) is 15.5 Å². The Hall–Kier alpha value is -2.63. The number of carbonyl (C=O) groups is 2. The minimum absolute atomic E-state index is 0.0144. The number of rotatable bonds is 6. The van der Waals surface area contributed by atoms with E-state index in [1.54, 1.807) is 0 Å². The lowest BCUT2D eigenvalue weighted by molar-refractivity contribution is -0.120. The van der Waals surface area contributed by atoms with Crippen LogP contribution in [0.2, 0.25) is 0 Å². The average molecular weight is 340 g/mol. The van der Waals surface area contributed by atoms with Crippen LogP contribution >= 0.6 is 0 Å². The molecule has 1 fully saturated rings. The van der Waals surface area contributed by atoms with Crippen LogP contribution < -0.4 is 10.6 Å². The number of benzene rings is 1. The minimum atomic E-state index is -0.257. The molecule has 0 aliphatic heterocycles. The fraction of sp³-hybridized carbons (Fsp3) is 0.421. The maximum Gasteiger partial charge on any atom is 0.271 e. The smallest absolute Gasteiger partial charge is 0.271 e. The molecule has 2 amide bonds. The van der Waals surface area contributed by atoms with Gasteiger partial charge < -0.3 is 10.6 Å². The summed E-state index contributed by atoms with van der Waals surface area (Å²) < 4.78 is 0. The summed E-state index contributed by atoms with van der Waals surface area (Å²) in [5, 5.41) is 12.3. The lowest BCUT2D eigenvalue weighted by Gasteiger charge is -2.20. The van der Waals surface area contributed by atoms with Gasteiger partial charge in [-0.1, -0.05) is 49.6 Å². The molecule has 0 bridgehead atoms. The van der Waals surface area contributed by atoms with E-state index in [2.05, 4.69) is 20.8 Å². The Balaban J connectivity index is 1.53. The summed E-state index contributed by atoms with van der Waals surface area (Å²) in [6, 6.07) is 9.97. The standard InChI is InChI=1S/C19H24N4O2/c24-18(15-9-5-2-6-10-15)22-16-13-21-23-17(16)19(25)20-12-11-14-7-3-1-4-8-14/h1,3-4,7-8,13,15H,2,5-6,9-12H2,(H,20,25)(H,21,23)(H,22,24). The number of hydrogen-bond donors (Lipinski definition) is 3.